The van der Waals surface area contributed by atoms with Crippen LogP contribution in [0, 0.1) is 0 Å². The van der Waals surface area contributed by atoms with Crippen molar-refractivity contribution in [3.8, 4) is 11.5 Å². The van der Waals surface area contributed by atoms with E-state index in [1.165, 1.54) is 7.11 Å². The number of nitrogens with zero attached hydrogens (tertiary/aromatic N) is 1. The number of hydrogen-bond donors (Lipinski definition) is 1. The molecule has 2 aromatic carbocycles. The van der Waals surface area contributed by atoms with E-state index in [0.717, 1.165) is 18.5 Å². The van der Waals surface area contributed by atoms with E-state index in [1.54, 1.807) is 37.4 Å². The highest BCUT2D eigenvalue weighted by Gasteiger charge is 2.38. The van der Waals surface area contributed by atoms with E-state index in [1.807, 2.05) is 38.1 Å². The first-order chi connectivity index (χ1) is 13.4. The van der Waals surface area contributed by atoms with E-state index in [4.69, 9.17) is 14.0 Å². The van der Waals surface area contributed by atoms with Crippen LogP contribution in [-0.2, 0) is 9.09 Å². The molecule has 2 aromatic rings. The fraction of sp³-hybridized carbons (Fsp3) is 0.429. The first kappa shape index (κ1) is 22.3. The second-order valence-corrected chi connectivity index (χ2v) is 9.13. The molecule has 2 atom stereocenters. The fourth-order valence-corrected chi connectivity index (χ4v) is 4.92. The summed E-state index contributed by atoms with van der Waals surface area (Å²) in [6, 6.07) is 12.2. The number of methoxy groups -OCH3 is 2. The Morgan fingerprint density at radius 2 is 1.75 bits per heavy atom. The zero-order valence-corrected chi connectivity index (χ0v) is 18.1. The van der Waals surface area contributed by atoms with E-state index >= 15 is 0 Å². The average Bonchev–Trinajstić information content (AvgIpc) is 2.72. The minimum absolute atomic E-state index is 0.304. The monoisotopic (exact) mass is 407 g/mol. The molecule has 0 aliphatic carbocycles. The minimum Gasteiger partial charge on any atom is -0.497 e. The van der Waals surface area contributed by atoms with Gasteiger partial charge in [0.2, 0.25) is 0 Å². The van der Waals surface area contributed by atoms with Crippen molar-refractivity contribution >= 4 is 18.4 Å². The predicted molar refractivity (Wildman–Crippen MR) is 113 cm³/mol. The van der Waals surface area contributed by atoms with Gasteiger partial charge in [-0.3, -0.25) is 4.57 Å². The van der Waals surface area contributed by atoms with Gasteiger partial charge in [-0.15, -0.1) is 0 Å². The van der Waals surface area contributed by atoms with E-state index < -0.39 is 13.2 Å². The predicted octanol–water partition coefficient (Wildman–Crippen LogP) is 4.18. The molecule has 0 aliphatic rings. The molecule has 0 fully saturated rings. The van der Waals surface area contributed by atoms with Crippen molar-refractivity contribution in [1.82, 2.24) is 0 Å². The van der Waals surface area contributed by atoms with E-state index in [-0.39, 0.29) is 0 Å². The lowest BCUT2D eigenvalue weighted by Crippen LogP contribution is -2.17. The van der Waals surface area contributed by atoms with E-state index in [0.29, 0.717) is 29.0 Å². The zero-order chi connectivity index (χ0) is 20.7. The van der Waals surface area contributed by atoms with Crippen molar-refractivity contribution in [3.05, 3.63) is 48.0 Å². The maximum atomic E-state index is 13.9. The SMILES string of the molecule is CCCCOP(=O)(c1ccc(N(C)C)cc1)C(O)c1ccc(OC)cc1OC. The van der Waals surface area contributed by atoms with Gasteiger partial charge in [-0.1, -0.05) is 13.3 Å². The lowest BCUT2D eigenvalue weighted by atomic mass is 10.2. The molecule has 0 aliphatic heterocycles. The topological polar surface area (TPSA) is 68.2 Å². The van der Waals surface area contributed by atoms with Crippen LogP contribution in [0.2, 0.25) is 0 Å². The van der Waals surface area contributed by atoms with Crippen LogP contribution in [0.25, 0.3) is 0 Å². The van der Waals surface area contributed by atoms with E-state index in [2.05, 4.69) is 0 Å². The van der Waals surface area contributed by atoms with Crippen molar-refractivity contribution in [3.63, 3.8) is 0 Å². The third kappa shape index (κ3) is 4.88. The van der Waals surface area contributed by atoms with Crippen LogP contribution in [0.4, 0.5) is 5.69 Å². The largest absolute Gasteiger partial charge is 0.497 e. The molecule has 0 bridgehead atoms. The van der Waals surface area contributed by atoms with Gasteiger partial charge in [0.05, 0.1) is 20.8 Å². The first-order valence-corrected chi connectivity index (χ1v) is 11.0. The molecule has 28 heavy (non-hydrogen) atoms. The minimum atomic E-state index is -3.61. The quantitative estimate of drug-likeness (QED) is 0.471. The molecular formula is C21H30NO5P. The van der Waals surface area contributed by atoms with Crippen LogP contribution >= 0.6 is 7.37 Å². The summed E-state index contributed by atoms with van der Waals surface area (Å²) < 4.78 is 30.4. The van der Waals surface area contributed by atoms with Crippen LogP contribution < -0.4 is 19.7 Å². The molecule has 0 amide bonds. The Balaban J connectivity index is 2.48. The second-order valence-electron chi connectivity index (χ2n) is 6.68. The van der Waals surface area contributed by atoms with Crippen molar-refractivity contribution in [2.45, 2.75) is 25.6 Å². The van der Waals surface area contributed by atoms with E-state index in [9.17, 15) is 9.67 Å². The van der Waals surface area contributed by atoms with Gasteiger partial charge in [-0.2, -0.15) is 0 Å². The molecule has 0 spiro atoms. The molecule has 0 radical (unpaired) electrons. The first-order valence-electron chi connectivity index (χ1n) is 9.29. The standard InChI is InChI=1S/C21H30NO5P/c1-6-7-14-27-28(24,18-11-8-16(9-12-18)22(2)3)21(23)19-13-10-17(25-4)15-20(19)26-5/h8-13,15,21,23H,6-7,14H2,1-5H3. The zero-order valence-electron chi connectivity index (χ0n) is 17.2. The number of benzene rings is 2. The highest BCUT2D eigenvalue weighted by atomic mass is 31.2. The summed E-state index contributed by atoms with van der Waals surface area (Å²) >= 11 is 0. The Labute approximate surface area is 167 Å². The van der Waals surface area contributed by atoms with Gasteiger partial charge < -0.3 is 24.0 Å². The van der Waals surface area contributed by atoms with Gasteiger partial charge >= 0.3 is 0 Å². The smallest absolute Gasteiger partial charge is 0.264 e. The summed E-state index contributed by atoms with van der Waals surface area (Å²) in [7, 11) is 3.31. The normalized spacial score (nSPS) is 14.2. The van der Waals surface area contributed by atoms with Crippen LogP contribution in [0.5, 0.6) is 11.5 Å². The maximum absolute atomic E-state index is 13.9. The highest BCUT2D eigenvalue weighted by Crippen LogP contribution is 2.59. The number of hydrogen-bond acceptors (Lipinski definition) is 6. The number of unbranched alkanes of at least 4 members (excludes halogenated alkanes) is 1. The van der Waals surface area contributed by atoms with Gasteiger partial charge in [0.1, 0.15) is 11.5 Å². The molecule has 154 valence electrons. The third-order valence-corrected chi connectivity index (χ3v) is 7.05. The van der Waals surface area contributed by atoms with Crippen LogP contribution in [0.3, 0.4) is 0 Å². The van der Waals surface area contributed by atoms with Gasteiger partial charge in [0.15, 0.2) is 5.85 Å². The number of aliphatic hydroxyl groups is 1. The summed E-state index contributed by atoms with van der Waals surface area (Å²) in [4.78, 5) is 1.95. The third-order valence-electron chi connectivity index (χ3n) is 4.55. The second kappa shape index (κ2) is 9.97. The number of ether oxygens (including phenoxy) is 2. The fourth-order valence-electron chi connectivity index (χ4n) is 2.80. The number of anilines is 1. The maximum Gasteiger partial charge on any atom is 0.264 e. The molecule has 0 heterocycles. The van der Waals surface area contributed by atoms with Crippen LogP contribution in [-0.4, -0.2) is 40.0 Å². The molecule has 7 heteroatoms. The van der Waals surface area contributed by atoms with Crippen molar-refractivity contribution < 1.29 is 23.7 Å². The molecule has 0 aromatic heterocycles. The molecule has 6 nitrogen and oxygen atoms in total. The summed E-state index contributed by atoms with van der Waals surface area (Å²) in [5.41, 5.74) is 1.38. The van der Waals surface area contributed by atoms with Crippen molar-refractivity contribution in [1.29, 1.82) is 0 Å². The van der Waals surface area contributed by atoms with Gasteiger partial charge in [-0.25, -0.2) is 0 Å². The Morgan fingerprint density at radius 1 is 1.07 bits per heavy atom. The summed E-state index contributed by atoms with van der Waals surface area (Å²) in [5, 5.41) is 11.6. The molecule has 1 N–H and O–H groups in total. The number of aliphatic hydroxyl groups excluding tert-OH is 1. The van der Waals surface area contributed by atoms with Gasteiger partial charge in [0.25, 0.3) is 7.37 Å². The molecule has 0 saturated carbocycles. The Morgan fingerprint density at radius 3 is 2.29 bits per heavy atom. The summed E-state index contributed by atoms with van der Waals surface area (Å²) in [5.74, 6) is -0.364. The van der Waals surface area contributed by atoms with Gasteiger partial charge in [0, 0.05) is 36.7 Å². The molecular weight excluding hydrogens is 377 g/mol. The van der Waals surface area contributed by atoms with Crippen molar-refractivity contribution in [2.24, 2.45) is 0 Å². The van der Waals surface area contributed by atoms with Crippen molar-refractivity contribution in [2.75, 3.05) is 39.8 Å². The lowest BCUT2D eigenvalue weighted by molar-refractivity contribution is 0.209. The van der Waals surface area contributed by atoms with Gasteiger partial charge in [-0.05, 0) is 42.8 Å². The van der Waals surface area contributed by atoms with Crippen LogP contribution in [0.15, 0.2) is 42.5 Å². The molecule has 0 saturated heterocycles. The Bertz CT molecular complexity index is 807. The Hall–Kier alpha value is -2.01. The number of rotatable bonds is 10. The highest BCUT2D eigenvalue weighted by molar-refractivity contribution is 7.67. The molecule has 2 unspecified atom stereocenters. The Kier molecular flexibility index (Phi) is 7.93. The average molecular weight is 407 g/mol. The summed E-state index contributed by atoms with van der Waals surface area (Å²) in [6.07, 6.45) is 1.66. The van der Waals surface area contributed by atoms with Crippen LogP contribution in [0.1, 0.15) is 31.2 Å². The molecule has 2 rings (SSSR count). The lowest BCUT2D eigenvalue weighted by Gasteiger charge is -2.26. The summed E-state index contributed by atoms with van der Waals surface area (Å²) in [6.45, 7) is 2.34.